The molecule has 0 saturated carbocycles. The van der Waals surface area contributed by atoms with Crippen molar-refractivity contribution in [2.75, 3.05) is 42.0 Å². The van der Waals surface area contributed by atoms with E-state index >= 15 is 0 Å². The van der Waals surface area contributed by atoms with Gasteiger partial charge < -0.3 is 26.4 Å². The highest BCUT2D eigenvalue weighted by atomic mass is 32.2. The number of aromatic hydroxyl groups is 1. The molecule has 5 N–H and O–H groups in total. The van der Waals surface area contributed by atoms with Crippen molar-refractivity contribution >= 4 is 50.3 Å². The predicted molar refractivity (Wildman–Crippen MR) is 141 cm³/mol. The average Bonchev–Trinajstić information content (AvgIpc) is 3.40. The molecule has 2 aromatic heterocycles. The van der Waals surface area contributed by atoms with E-state index < -0.39 is 10.0 Å². The van der Waals surface area contributed by atoms with Crippen LogP contribution in [0.2, 0.25) is 0 Å². The number of aryl methyl sites for hydroxylation is 1. The third-order valence-electron chi connectivity index (χ3n) is 5.61. The first-order valence-corrected chi connectivity index (χ1v) is 13.4. The molecule has 1 aromatic carbocycles. The number of para-hydroxylation sites is 1. The van der Waals surface area contributed by atoms with Gasteiger partial charge in [0, 0.05) is 23.8 Å². The summed E-state index contributed by atoms with van der Waals surface area (Å²) in [4.78, 5) is 11.6. The molecule has 3 heterocycles. The van der Waals surface area contributed by atoms with Gasteiger partial charge in [0.05, 0.1) is 18.4 Å². The maximum absolute atomic E-state index is 12.7. The van der Waals surface area contributed by atoms with Gasteiger partial charge in [-0.15, -0.1) is 11.3 Å². The van der Waals surface area contributed by atoms with E-state index in [2.05, 4.69) is 66.1 Å². The van der Waals surface area contributed by atoms with Crippen LogP contribution in [-0.2, 0) is 10.0 Å². The molecule has 0 spiro atoms. The summed E-state index contributed by atoms with van der Waals surface area (Å²) in [6.45, 7) is 9.01. The van der Waals surface area contributed by atoms with E-state index in [0.717, 1.165) is 9.18 Å². The van der Waals surface area contributed by atoms with Gasteiger partial charge in [-0.25, -0.2) is 22.7 Å². The number of benzene rings is 1. The Hall–Kier alpha value is -3.09. The number of fused-ring (bicyclic) bond motifs is 1. The first kappa shape index (κ1) is 25.0. The van der Waals surface area contributed by atoms with Crippen LogP contribution in [0.25, 0.3) is 0 Å². The minimum atomic E-state index is -3.84. The molecule has 0 amide bonds. The molecule has 1 aliphatic heterocycles. The Balaban J connectivity index is 1.77. The van der Waals surface area contributed by atoms with Gasteiger partial charge in [-0.3, -0.25) is 0 Å². The van der Waals surface area contributed by atoms with Gasteiger partial charge in [-0.1, -0.05) is 26.8 Å². The molecule has 0 radical (unpaired) electrons. The Bertz CT molecular complexity index is 1350. The molecule has 1 aliphatic rings. The number of hydrogen-bond donors (Lipinski definition) is 5. The molecule has 188 valence electrons. The molecule has 3 aromatic rings. The Morgan fingerprint density at radius 1 is 1.09 bits per heavy atom. The number of aromatic nitrogens is 2. The number of anilines is 5. The van der Waals surface area contributed by atoms with E-state index in [0.29, 0.717) is 29.9 Å². The van der Waals surface area contributed by atoms with Gasteiger partial charge in [-0.2, -0.15) is 0 Å². The lowest BCUT2D eigenvalue weighted by molar-refractivity contribution is 0.351. The first-order chi connectivity index (χ1) is 16.4. The highest BCUT2D eigenvalue weighted by Crippen LogP contribution is 2.42. The Labute approximate surface area is 209 Å². The fourth-order valence-electron chi connectivity index (χ4n) is 3.70. The Kier molecular flexibility index (Phi) is 6.56. The number of thiophene rings is 1. The number of nitrogens with one attached hydrogen (secondary N) is 4. The van der Waals surface area contributed by atoms with Crippen LogP contribution in [-0.4, -0.2) is 48.6 Å². The van der Waals surface area contributed by atoms with Gasteiger partial charge in [0.2, 0.25) is 10.0 Å². The van der Waals surface area contributed by atoms with Crippen molar-refractivity contribution in [3.63, 3.8) is 0 Å². The average molecular weight is 518 g/mol. The molecule has 10 nitrogen and oxygen atoms in total. The van der Waals surface area contributed by atoms with E-state index in [9.17, 15) is 13.5 Å². The lowest BCUT2D eigenvalue weighted by atomic mass is 9.86. The minimum Gasteiger partial charge on any atom is -0.504 e. The lowest BCUT2D eigenvalue weighted by Gasteiger charge is -2.32. The van der Waals surface area contributed by atoms with Crippen LogP contribution < -0.4 is 21.3 Å². The van der Waals surface area contributed by atoms with Gasteiger partial charge in [0.25, 0.3) is 0 Å². The Morgan fingerprint density at radius 2 is 1.74 bits per heavy atom. The summed E-state index contributed by atoms with van der Waals surface area (Å²) >= 11 is 1.72. The third kappa shape index (κ3) is 5.00. The standard InChI is InChI=1S/C23H31N7O3S2/c1-13-10-11-15(34-13)18(23(2,3)4)27-22-21(28-19-20(29-22)25-12-24-19)26-14-8-7-9-16(17(14)31)35(32,33)30(5)6/h7-11,18,31H,12H2,1-6H3,(H2,24,26,28)(H2,25,27,29)/t18-/m0/s1. The van der Waals surface area contributed by atoms with Crippen molar-refractivity contribution in [3.8, 4) is 5.75 Å². The molecular weight excluding hydrogens is 486 g/mol. The van der Waals surface area contributed by atoms with Crippen molar-refractivity contribution in [1.29, 1.82) is 0 Å². The molecule has 1 atom stereocenters. The number of sulfonamides is 1. The quantitative estimate of drug-likeness (QED) is 0.287. The molecule has 0 aliphatic carbocycles. The van der Waals surface area contributed by atoms with Crippen molar-refractivity contribution < 1.29 is 13.5 Å². The van der Waals surface area contributed by atoms with E-state index in [1.165, 1.54) is 25.0 Å². The zero-order chi connectivity index (χ0) is 25.5. The van der Waals surface area contributed by atoms with Crippen LogP contribution >= 0.6 is 11.3 Å². The summed E-state index contributed by atoms with van der Waals surface area (Å²) in [7, 11) is -1.01. The van der Waals surface area contributed by atoms with Crippen LogP contribution in [0.5, 0.6) is 5.75 Å². The molecule has 4 rings (SSSR count). The molecule has 0 fully saturated rings. The minimum absolute atomic E-state index is 0.0717. The first-order valence-electron chi connectivity index (χ1n) is 11.1. The number of hydrogen-bond acceptors (Lipinski definition) is 10. The number of phenolic OH excluding ortho intramolecular Hbond substituents is 1. The maximum atomic E-state index is 12.7. The maximum Gasteiger partial charge on any atom is 0.246 e. The summed E-state index contributed by atoms with van der Waals surface area (Å²) in [5.74, 6) is 1.63. The summed E-state index contributed by atoms with van der Waals surface area (Å²) in [6, 6.07) is 8.66. The van der Waals surface area contributed by atoms with E-state index in [-0.39, 0.29) is 27.8 Å². The number of phenols is 1. The predicted octanol–water partition coefficient (Wildman–Crippen LogP) is 4.54. The van der Waals surface area contributed by atoms with E-state index in [1.807, 2.05) is 0 Å². The number of nitrogens with zero attached hydrogens (tertiary/aromatic N) is 3. The highest BCUT2D eigenvalue weighted by Gasteiger charge is 2.30. The molecule has 35 heavy (non-hydrogen) atoms. The topological polar surface area (TPSA) is 132 Å². The SMILES string of the molecule is Cc1ccc([C@H](Nc2nc3c(nc2Nc2cccc(S(=O)(=O)N(C)C)c2O)NCN3)C(C)(C)C)s1. The van der Waals surface area contributed by atoms with Gasteiger partial charge in [0.15, 0.2) is 29.0 Å². The summed E-state index contributed by atoms with van der Waals surface area (Å²) in [5.41, 5.74) is 0.0541. The molecule has 0 unspecified atom stereocenters. The van der Waals surface area contributed by atoms with Crippen LogP contribution in [0.15, 0.2) is 35.2 Å². The summed E-state index contributed by atoms with van der Waals surface area (Å²) in [5, 5.41) is 23.8. The zero-order valence-corrected chi connectivity index (χ0v) is 22.2. The normalized spacial score (nSPS) is 14.3. The van der Waals surface area contributed by atoms with Crippen molar-refractivity contribution in [3.05, 3.63) is 40.1 Å². The van der Waals surface area contributed by atoms with Crippen LogP contribution in [0.3, 0.4) is 0 Å². The molecule has 0 bridgehead atoms. The fraction of sp³-hybridized carbons (Fsp3) is 0.391. The van der Waals surface area contributed by atoms with Crippen LogP contribution in [0.1, 0.15) is 36.6 Å². The van der Waals surface area contributed by atoms with Crippen molar-refractivity contribution in [2.45, 2.75) is 38.6 Å². The highest BCUT2D eigenvalue weighted by molar-refractivity contribution is 7.89. The third-order valence-corrected chi connectivity index (χ3v) is 8.52. The van der Waals surface area contributed by atoms with Gasteiger partial charge in [0.1, 0.15) is 4.90 Å². The smallest absolute Gasteiger partial charge is 0.246 e. The second-order valence-electron chi connectivity index (χ2n) is 9.60. The van der Waals surface area contributed by atoms with Gasteiger partial charge in [-0.05, 0) is 36.6 Å². The van der Waals surface area contributed by atoms with E-state index in [1.54, 1.807) is 23.5 Å². The largest absolute Gasteiger partial charge is 0.504 e. The molecule has 0 saturated heterocycles. The summed E-state index contributed by atoms with van der Waals surface area (Å²) < 4.78 is 26.4. The monoisotopic (exact) mass is 517 g/mol. The second-order valence-corrected chi connectivity index (χ2v) is 13.0. The second kappa shape index (κ2) is 9.17. The van der Waals surface area contributed by atoms with Crippen LogP contribution in [0.4, 0.5) is 29.0 Å². The van der Waals surface area contributed by atoms with Gasteiger partial charge >= 0.3 is 0 Å². The van der Waals surface area contributed by atoms with Crippen LogP contribution in [0, 0.1) is 12.3 Å². The van der Waals surface area contributed by atoms with Crippen molar-refractivity contribution in [2.24, 2.45) is 5.41 Å². The molecular formula is C23H31N7O3S2. The molecule has 12 heteroatoms. The lowest BCUT2D eigenvalue weighted by Crippen LogP contribution is -2.26. The summed E-state index contributed by atoms with van der Waals surface area (Å²) in [6.07, 6.45) is 0. The fourth-order valence-corrected chi connectivity index (χ4v) is 5.87. The van der Waals surface area contributed by atoms with Crippen molar-refractivity contribution in [1.82, 2.24) is 14.3 Å². The number of rotatable bonds is 7. The zero-order valence-electron chi connectivity index (χ0n) is 20.6. The van der Waals surface area contributed by atoms with E-state index in [4.69, 9.17) is 4.98 Å². The Morgan fingerprint density at radius 3 is 2.31 bits per heavy atom.